The number of amides is 1. The second kappa shape index (κ2) is 17.3. The number of benzene rings is 2. The van der Waals surface area contributed by atoms with Crippen LogP contribution in [0.25, 0.3) is 22.0 Å². The Morgan fingerprint density at radius 2 is 1.89 bits per heavy atom. The molecule has 6 rings (SSSR count). The van der Waals surface area contributed by atoms with Gasteiger partial charge in [0, 0.05) is 89.4 Å². The van der Waals surface area contributed by atoms with Gasteiger partial charge in [-0.05, 0) is 102 Å². The van der Waals surface area contributed by atoms with Crippen LogP contribution in [0.15, 0.2) is 88.4 Å². The van der Waals surface area contributed by atoms with Gasteiger partial charge in [-0.25, -0.2) is 0 Å². The molecule has 11 heteroatoms. The molecule has 0 bridgehead atoms. The van der Waals surface area contributed by atoms with Gasteiger partial charge in [0.1, 0.15) is 5.76 Å². The largest absolute Gasteiger partial charge is 0.495 e. The quantitative estimate of drug-likeness (QED) is 0.0426. The van der Waals surface area contributed by atoms with Crippen molar-refractivity contribution in [1.82, 2.24) is 19.7 Å². The number of aromatic nitrogens is 3. The molecule has 9 nitrogen and oxygen atoms in total. The Kier molecular flexibility index (Phi) is 12.7. The Labute approximate surface area is 341 Å². The number of carbonyl (C=O) groups excluding carboxylic acids is 1. The number of anilines is 1. The van der Waals surface area contributed by atoms with E-state index in [1.54, 1.807) is 19.4 Å². The number of rotatable bonds is 15. The molecule has 0 radical (unpaired) electrons. The number of ether oxygens (including phenoxy) is 2. The van der Waals surface area contributed by atoms with Gasteiger partial charge < -0.3 is 24.3 Å². The Balaban J connectivity index is 1.51. The molecule has 296 valence electrons. The predicted molar refractivity (Wildman–Crippen MR) is 231 cm³/mol. The summed E-state index contributed by atoms with van der Waals surface area (Å²) in [5, 5.41) is 10.5. The van der Waals surface area contributed by atoms with Crippen LogP contribution in [0.1, 0.15) is 87.0 Å². The van der Waals surface area contributed by atoms with E-state index in [1.807, 2.05) is 38.6 Å². The molecule has 1 amide bonds. The highest BCUT2D eigenvalue weighted by Gasteiger charge is 2.45. The molecule has 0 saturated carbocycles. The van der Waals surface area contributed by atoms with Crippen molar-refractivity contribution in [3.05, 3.63) is 116 Å². The molecule has 1 aliphatic heterocycles. The minimum Gasteiger partial charge on any atom is -0.495 e. The SMILES string of the molecule is C=C/C(=C\N=C(C)c1ccc2c(c1)c(C1C(CCCOC3C=C(C)C(Cl)=C(C)C3)c3ccc(Cl)c(-c4c(C)nn(C)c4C)c3N1[C@H](C)CNC=O)cn2C)OC. The number of allylic oxidation sites excluding steroid dienone is 3. The number of aliphatic imine (C=N–C) groups is 1. The molecule has 1 aliphatic carbocycles. The number of aryl methyl sites for hydroxylation is 3. The number of methoxy groups -OCH3 is 1. The molecule has 3 unspecified atom stereocenters. The lowest BCUT2D eigenvalue weighted by atomic mass is 9.85. The first-order valence-corrected chi connectivity index (χ1v) is 20.0. The predicted octanol–water partition coefficient (Wildman–Crippen LogP) is 10.1. The summed E-state index contributed by atoms with van der Waals surface area (Å²) in [5.41, 5.74) is 12.7. The van der Waals surface area contributed by atoms with Crippen molar-refractivity contribution in [1.29, 1.82) is 0 Å². The van der Waals surface area contributed by atoms with E-state index in [0.717, 1.165) is 92.2 Å². The number of carbonyl (C=O) groups is 1. The van der Waals surface area contributed by atoms with Crippen LogP contribution in [0.3, 0.4) is 0 Å². The Hall–Kier alpha value is -4.57. The number of hydrogen-bond donors (Lipinski definition) is 1. The minimum absolute atomic E-state index is 0.000257. The van der Waals surface area contributed by atoms with E-state index in [1.165, 1.54) is 11.1 Å². The minimum atomic E-state index is -0.0966. The van der Waals surface area contributed by atoms with Crippen LogP contribution >= 0.6 is 23.2 Å². The fourth-order valence-electron chi connectivity index (χ4n) is 8.62. The second-order valence-corrected chi connectivity index (χ2v) is 15.9. The van der Waals surface area contributed by atoms with Gasteiger partial charge in [-0.1, -0.05) is 53.6 Å². The number of nitrogens with zero attached hydrogens (tertiary/aromatic N) is 5. The van der Waals surface area contributed by atoms with Gasteiger partial charge >= 0.3 is 0 Å². The summed E-state index contributed by atoms with van der Waals surface area (Å²) in [7, 11) is 5.68. The van der Waals surface area contributed by atoms with Crippen LogP contribution in [0, 0.1) is 13.8 Å². The van der Waals surface area contributed by atoms with E-state index in [4.69, 9.17) is 42.8 Å². The van der Waals surface area contributed by atoms with Crippen LogP contribution in [0.2, 0.25) is 5.02 Å². The number of hydrogen-bond acceptors (Lipinski definition) is 6. The molecule has 2 aromatic heterocycles. The fourth-order valence-corrected chi connectivity index (χ4v) is 9.01. The topological polar surface area (TPSA) is 85.9 Å². The zero-order chi connectivity index (χ0) is 40.4. The van der Waals surface area contributed by atoms with Gasteiger partial charge in [-0.3, -0.25) is 14.5 Å². The molecule has 4 atom stereocenters. The Morgan fingerprint density at radius 3 is 2.55 bits per heavy atom. The van der Waals surface area contributed by atoms with Crippen LogP contribution in [-0.4, -0.2) is 58.9 Å². The third-order valence-electron chi connectivity index (χ3n) is 11.5. The molecule has 4 aromatic rings. The van der Waals surface area contributed by atoms with Crippen molar-refractivity contribution in [2.24, 2.45) is 19.1 Å². The van der Waals surface area contributed by atoms with E-state index in [0.29, 0.717) is 23.9 Å². The highest BCUT2D eigenvalue weighted by molar-refractivity contribution is 6.34. The standard InChI is InChI=1S/C45H54Cl2N6O3/c1-11-33(55-10)23-49-29(5)32-14-17-40-37(21-32)38(24-51(40)8)44-35(13-12-18-56-34-19-26(2)43(47)27(3)20-34)36-15-16-39(46)42(41-30(6)50-52(9)31(41)7)45(36)53(44)28(4)22-48-25-54/h11,14-17,19,21,23-25,28,34-35,44H,1,12-13,18,20,22H2,2-10H3,(H,48,54)/b33-23+,49-29?/t28-,34?,35?,44?/m1/s1. The molecule has 56 heavy (non-hydrogen) atoms. The van der Waals surface area contributed by atoms with Crippen LogP contribution in [-0.2, 0) is 28.4 Å². The molecule has 2 aromatic carbocycles. The molecule has 0 spiro atoms. The second-order valence-electron chi connectivity index (χ2n) is 15.1. The number of fused-ring (bicyclic) bond motifs is 2. The molecular formula is C45H54Cl2N6O3. The summed E-state index contributed by atoms with van der Waals surface area (Å²) < 4.78 is 16.0. The van der Waals surface area contributed by atoms with Crippen LogP contribution in [0.4, 0.5) is 5.69 Å². The first-order chi connectivity index (χ1) is 26.8. The van der Waals surface area contributed by atoms with E-state index in [2.05, 4.69) is 85.7 Å². The highest BCUT2D eigenvalue weighted by atomic mass is 35.5. The van der Waals surface area contributed by atoms with E-state index in [9.17, 15) is 4.79 Å². The van der Waals surface area contributed by atoms with Gasteiger partial charge in [0.15, 0.2) is 0 Å². The van der Waals surface area contributed by atoms with Crippen LogP contribution in [0.5, 0.6) is 0 Å². The lowest BCUT2D eigenvalue weighted by molar-refractivity contribution is -0.109. The first-order valence-electron chi connectivity index (χ1n) is 19.2. The first kappa shape index (κ1) is 41.1. The maximum Gasteiger partial charge on any atom is 0.207 e. The third-order valence-corrected chi connectivity index (χ3v) is 12.4. The highest BCUT2D eigenvalue weighted by Crippen LogP contribution is 2.58. The van der Waals surface area contributed by atoms with Crippen molar-refractivity contribution in [2.75, 3.05) is 25.2 Å². The lowest BCUT2D eigenvalue weighted by Crippen LogP contribution is -2.41. The van der Waals surface area contributed by atoms with Gasteiger partial charge in [0.25, 0.3) is 0 Å². The van der Waals surface area contributed by atoms with Gasteiger partial charge in [0.05, 0.1) is 41.9 Å². The summed E-state index contributed by atoms with van der Waals surface area (Å²) in [5.74, 6) is 0.664. The molecular weight excluding hydrogens is 743 g/mol. The maximum absolute atomic E-state index is 11.8. The average molecular weight is 798 g/mol. The molecule has 0 saturated heterocycles. The van der Waals surface area contributed by atoms with Crippen molar-refractivity contribution in [3.8, 4) is 11.1 Å². The summed E-state index contributed by atoms with van der Waals surface area (Å²) in [6.07, 6.45) is 11.0. The van der Waals surface area contributed by atoms with Crippen molar-refractivity contribution >= 4 is 51.9 Å². The smallest absolute Gasteiger partial charge is 0.207 e. The monoisotopic (exact) mass is 796 g/mol. The van der Waals surface area contributed by atoms with E-state index < -0.39 is 0 Å². The molecule has 3 heterocycles. The Bertz CT molecular complexity index is 2280. The van der Waals surface area contributed by atoms with Crippen molar-refractivity contribution < 1.29 is 14.3 Å². The zero-order valence-electron chi connectivity index (χ0n) is 34.0. The summed E-state index contributed by atoms with van der Waals surface area (Å²) in [4.78, 5) is 19.0. The average Bonchev–Trinajstić information content (AvgIpc) is 3.77. The maximum atomic E-state index is 11.8. The third kappa shape index (κ3) is 7.86. The molecule has 2 aliphatic rings. The van der Waals surface area contributed by atoms with E-state index in [-0.39, 0.29) is 24.1 Å². The lowest BCUT2D eigenvalue weighted by Gasteiger charge is -2.36. The normalized spacial score (nSPS) is 19.4. The fraction of sp³-hybridized carbons (Fsp3) is 0.400. The van der Waals surface area contributed by atoms with Gasteiger partial charge in [-0.15, -0.1) is 0 Å². The summed E-state index contributed by atoms with van der Waals surface area (Å²) in [6.45, 7) is 17.3. The number of nitrogens with one attached hydrogen (secondary N) is 1. The van der Waals surface area contributed by atoms with Gasteiger partial charge in [-0.2, -0.15) is 5.10 Å². The Morgan fingerprint density at radius 1 is 1.12 bits per heavy atom. The number of halogens is 2. The molecule has 1 N–H and O–H groups in total. The van der Waals surface area contributed by atoms with Crippen LogP contribution < -0.4 is 10.2 Å². The summed E-state index contributed by atoms with van der Waals surface area (Å²) >= 11 is 13.8. The summed E-state index contributed by atoms with van der Waals surface area (Å²) in [6, 6.07) is 10.6. The molecule has 0 fully saturated rings. The van der Waals surface area contributed by atoms with Crippen molar-refractivity contribution in [3.63, 3.8) is 0 Å². The van der Waals surface area contributed by atoms with Crippen molar-refractivity contribution in [2.45, 2.75) is 84.9 Å². The zero-order valence-corrected chi connectivity index (χ0v) is 35.6. The van der Waals surface area contributed by atoms with E-state index >= 15 is 0 Å². The van der Waals surface area contributed by atoms with Gasteiger partial charge in [0.2, 0.25) is 6.41 Å².